The van der Waals surface area contributed by atoms with Crippen molar-refractivity contribution < 1.29 is 26.7 Å². The van der Waals surface area contributed by atoms with E-state index in [9.17, 15) is 26.7 Å². The molecule has 1 amide bonds. The first kappa shape index (κ1) is 13.1. The van der Waals surface area contributed by atoms with Gasteiger partial charge >= 0.3 is 18.5 Å². The molecule has 83 valence electrons. The Labute approximate surface area is 77.7 Å². The lowest BCUT2D eigenvalue weighted by Gasteiger charge is -2.20. The average Bonchev–Trinajstić information content (AvgIpc) is 2.01. The molecular formula is C7H9F5NO. The molecule has 0 heterocycles. The summed E-state index contributed by atoms with van der Waals surface area (Å²) in [5.41, 5.74) is 0. The minimum absolute atomic E-state index is 0.171. The van der Waals surface area contributed by atoms with Gasteiger partial charge in [-0.15, -0.1) is 0 Å². The topological polar surface area (TPSA) is 20.3 Å². The zero-order chi connectivity index (χ0) is 11.4. The molecule has 0 aliphatic heterocycles. The van der Waals surface area contributed by atoms with Gasteiger partial charge in [-0.1, -0.05) is 0 Å². The Bertz CT molecular complexity index is 191. The van der Waals surface area contributed by atoms with E-state index in [0.29, 0.717) is 0 Å². The van der Waals surface area contributed by atoms with Gasteiger partial charge in [-0.05, 0) is 6.42 Å². The Balaban J connectivity index is 3.95. The number of rotatable bonds is 5. The van der Waals surface area contributed by atoms with Crippen LogP contribution in [0, 0.1) is 0 Å². The summed E-state index contributed by atoms with van der Waals surface area (Å²) in [6, 6.07) is 0. The van der Waals surface area contributed by atoms with Crippen LogP contribution in [0.15, 0.2) is 0 Å². The standard InChI is InChI=1S/C7H9F5NO/c1-13(5-14)4-2-3-6(8,9)7(10,11)12/h2-4H2,1H3. The molecule has 0 N–H and O–H groups in total. The van der Waals surface area contributed by atoms with Gasteiger partial charge in [-0.2, -0.15) is 22.0 Å². The number of hydrogen-bond acceptors (Lipinski definition) is 1. The molecule has 0 bridgehead atoms. The fourth-order valence-corrected chi connectivity index (χ4v) is 0.726. The quantitative estimate of drug-likeness (QED) is 0.510. The van der Waals surface area contributed by atoms with Gasteiger partial charge in [0, 0.05) is 20.0 Å². The average molecular weight is 218 g/mol. The number of halogens is 5. The first-order chi connectivity index (χ1) is 6.20. The van der Waals surface area contributed by atoms with E-state index in [0.717, 1.165) is 4.90 Å². The Morgan fingerprint density at radius 1 is 1.21 bits per heavy atom. The van der Waals surface area contributed by atoms with Crippen molar-refractivity contribution in [2.75, 3.05) is 13.6 Å². The van der Waals surface area contributed by atoms with Crippen molar-refractivity contribution in [2.45, 2.75) is 24.9 Å². The molecule has 0 rings (SSSR count). The van der Waals surface area contributed by atoms with Crippen LogP contribution in [0.25, 0.3) is 0 Å². The summed E-state index contributed by atoms with van der Waals surface area (Å²) in [6.45, 7) is -0.171. The first-order valence-corrected chi connectivity index (χ1v) is 3.74. The summed E-state index contributed by atoms with van der Waals surface area (Å²) >= 11 is 0. The van der Waals surface area contributed by atoms with Gasteiger partial charge in [0.05, 0.1) is 0 Å². The highest BCUT2D eigenvalue weighted by Crippen LogP contribution is 2.38. The molecule has 14 heavy (non-hydrogen) atoms. The van der Waals surface area contributed by atoms with Crippen molar-refractivity contribution in [2.24, 2.45) is 0 Å². The van der Waals surface area contributed by atoms with Crippen LogP contribution in [0.3, 0.4) is 0 Å². The predicted molar refractivity (Wildman–Crippen MR) is 38.6 cm³/mol. The first-order valence-electron chi connectivity index (χ1n) is 3.74. The second-order valence-corrected chi connectivity index (χ2v) is 2.82. The Hall–Kier alpha value is -0.880. The van der Waals surface area contributed by atoms with Crippen LogP contribution >= 0.6 is 0 Å². The van der Waals surface area contributed by atoms with E-state index < -0.39 is 24.9 Å². The zero-order valence-corrected chi connectivity index (χ0v) is 7.37. The number of carbonyl (C=O) groups excluding carboxylic acids is 1. The van der Waals surface area contributed by atoms with Crippen molar-refractivity contribution in [3.8, 4) is 0 Å². The molecule has 0 spiro atoms. The van der Waals surface area contributed by atoms with Gasteiger partial charge in [-0.25, -0.2) is 0 Å². The fraction of sp³-hybridized carbons (Fsp3) is 0.857. The monoisotopic (exact) mass is 218 g/mol. The van der Waals surface area contributed by atoms with Crippen molar-refractivity contribution in [1.82, 2.24) is 4.90 Å². The molecule has 0 fully saturated rings. The third kappa shape index (κ3) is 3.89. The Morgan fingerprint density at radius 2 is 1.71 bits per heavy atom. The van der Waals surface area contributed by atoms with Gasteiger partial charge in [0.25, 0.3) is 0 Å². The molecule has 0 unspecified atom stereocenters. The smallest absolute Gasteiger partial charge is 0.338 e. The van der Waals surface area contributed by atoms with Crippen LogP contribution in [0.2, 0.25) is 0 Å². The highest BCUT2D eigenvalue weighted by atomic mass is 19.4. The number of amides is 1. The van der Waals surface area contributed by atoms with Crippen LogP contribution < -0.4 is 0 Å². The van der Waals surface area contributed by atoms with E-state index in [1.165, 1.54) is 13.5 Å². The lowest BCUT2D eigenvalue weighted by atomic mass is 10.2. The molecule has 0 aliphatic rings. The van der Waals surface area contributed by atoms with Gasteiger partial charge in [0.2, 0.25) is 0 Å². The highest BCUT2D eigenvalue weighted by molar-refractivity contribution is 5.47. The summed E-state index contributed by atoms with van der Waals surface area (Å²) in [4.78, 5) is 10.7. The zero-order valence-electron chi connectivity index (χ0n) is 7.37. The Kier molecular flexibility index (Phi) is 4.28. The molecule has 0 saturated heterocycles. The van der Waals surface area contributed by atoms with E-state index >= 15 is 0 Å². The molecule has 0 aromatic heterocycles. The summed E-state index contributed by atoms with van der Waals surface area (Å²) in [5.74, 6) is -4.68. The summed E-state index contributed by atoms with van der Waals surface area (Å²) in [6.07, 6.45) is -5.91. The molecular weight excluding hydrogens is 209 g/mol. The maximum Gasteiger partial charge on any atom is 0.453 e. The summed E-state index contributed by atoms with van der Waals surface area (Å²) in [7, 11) is 1.25. The van der Waals surface area contributed by atoms with E-state index in [1.807, 2.05) is 0 Å². The maximum absolute atomic E-state index is 12.2. The second-order valence-electron chi connectivity index (χ2n) is 2.82. The van der Waals surface area contributed by atoms with Crippen LogP contribution in [0.1, 0.15) is 12.8 Å². The molecule has 0 aromatic rings. The van der Waals surface area contributed by atoms with Crippen molar-refractivity contribution >= 4 is 6.41 Å². The second kappa shape index (κ2) is 4.56. The number of hydrogen-bond donors (Lipinski definition) is 0. The predicted octanol–water partition coefficient (Wildman–Crippen LogP) is 1.96. The lowest BCUT2D eigenvalue weighted by Crippen LogP contribution is -2.37. The molecule has 0 saturated carbocycles. The highest BCUT2D eigenvalue weighted by Gasteiger charge is 2.56. The van der Waals surface area contributed by atoms with Crippen molar-refractivity contribution in [3.63, 3.8) is 0 Å². The maximum atomic E-state index is 12.2. The van der Waals surface area contributed by atoms with Gasteiger partial charge < -0.3 is 4.90 Å². The third-order valence-electron chi connectivity index (χ3n) is 1.55. The molecule has 1 radical (unpaired) electrons. The number of alkyl halides is 5. The SMILES string of the molecule is CN([C]=O)CCCC(F)(F)C(F)(F)F. The van der Waals surface area contributed by atoms with Crippen LogP contribution in [-0.4, -0.2) is 37.0 Å². The lowest BCUT2D eigenvalue weighted by molar-refractivity contribution is -0.284. The third-order valence-corrected chi connectivity index (χ3v) is 1.55. The summed E-state index contributed by atoms with van der Waals surface area (Å²) in [5, 5.41) is 0. The van der Waals surface area contributed by atoms with E-state index in [1.54, 1.807) is 0 Å². The normalized spacial score (nSPS) is 12.7. The number of nitrogens with zero attached hydrogens (tertiary/aromatic N) is 1. The molecule has 0 aromatic carbocycles. The molecule has 0 atom stereocenters. The van der Waals surface area contributed by atoms with Gasteiger partial charge in [-0.3, -0.25) is 4.79 Å². The largest absolute Gasteiger partial charge is 0.453 e. The Morgan fingerprint density at radius 3 is 2.07 bits per heavy atom. The fourth-order valence-electron chi connectivity index (χ4n) is 0.726. The van der Waals surface area contributed by atoms with E-state index in [-0.39, 0.29) is 6.54 Å². The van der Waals surface area contributed by atoms with E-state index in [4.69, 9.17) is 0 Å². The van der Waals surface area contributed by atoms with Crippen LogP contribution in [0.5, 0.6) is 0 Å². The van der Waals surface area contributed by atoms with Crippen LogP contribution in [0.4, 0.5) is 22.0 Å². The summed E-state index contributed by atoms with van der Waals surface area (Å²) < 4.78 is 59.3. The van der Waals surface area contributed by atoms with Gasteiger partial charge in [0.1, 0.15) is 0 Å². The van der Waals surface area contributed by atoms with Crippen LogP contribution in [-0.2, 0) is 4.79 Å². The van der Waals surface area contributed by atoms with Crippen molar-refractivity contribution in [3.05, 3.63) is 0 Å². The molecule has 2 nitrogen and oxygen atoms in total. The molecule has 7 heteroatoms. The van der Waals surface area contributed by atoms with E-state index in [2.05, 4.69) is 0 Å². The minimum atomic E-state index is -5.52. The van der Waals surface area contributed by atoms with Gasteiger partial charge in [0.15, 0.2) is 0 Å². The molecule has 0 aliphatic carbocycles. The van der Waals surface area contributed by atoms with Crippen molar-refractivity contribution in [1.29, 1.82) is 0 Å². The minimum Gasteiger partial charge on any atom is -0.338 e.